The number of aromatic nitrogens is 5. The molecule has 2 aromatic heterocycles. The molecule has 0 saturated heterocycles. The average molecular weight is 450 g/mol. The van der Waals surface area contributed by atoms with Crippen LogP contribution in [0.15, 0.2) is 58.2 Å². The normalized spacial score (nSPS) is 11.8. The SMILES string of the molecule is Cc1ccc(C)c(OCc2nnc(SC(C)c3nc(N)nc(Nc4ccccc4)n3)o2)c1. The van der Waals surface area contributed by atoms with Crippen molar-refractivity contribution in [2.45, 2.75) is 37.9 Å². The summed E-state index contributed by atoms with van der Waals surface area (Å²) in [5.74, 6) is 2.20. The number of para-hydroxylation sites is 1. The number of nitrogens with one attached hydrogen (secondary N) is 1. The van der Waals surface area contributed by atoms with Crippen molar-refractivity contribution in [2.24, 2.45) is 0 Å². The maximum Gasteiger partial charge on any atom is 0.277 e. The van der Waals surface area contributed by atoms with Gasteiger partial charge in [-0.05, 0) is 50.1 Å². The van der Waals surface area contributed by atoms with Crippen LogP contribution in [0, 0.1) is 13.8 Å². The number of aryl methyl sites for hydroxylation is 2. The molecule has 2 heterocycles. The van der Waals surface area contributed by atoms with Gasteiger partial charge in [-0.3, -0.25) is 0 Å². The third kappa shape index (κ3) is 5.52. The molecule has 1 atom stereocenters. The summed E-state index contributed by atoms with van der Waals surface area (Å²) < 4.78 is 11.6. The summed E-state index contributed by atoms with van der Waals surface area (Å²) in [6.45, 7) is 6.13. The first-order valence-electron chi connectivity index (χ1n) is 9.99. The van der Waals surface area contributed by atoms with Gasteiger partial charge in [0.15, 0.2) is 6.61 Å². The number of thioether (sulfide) groups is 1. The third-order valence-corrected chi connectivity index (χ3v) is 5.42. The van der Waals surface area contributed by atoms with Crippen LogP contribution >= 0.6 is 11.8 Å². The summed E-state index contributed by atoms with van der Waals surface area (Å²) in [5.41, 5.74) is 8.91. The van der Waals surface area contributed by atoms with Crippen LogP contribution in [-0.4, -0.2) is 25.1 Å². The minimum atomic E-state index is -0.190. The predicted molar refractivity (Wildman–Crippen MR) is 123 cm³/mol. The number of nitrogens with two attached hydrogens (primary N) is 1. The van der Waals surface area contributed by atoms with Crippen molar-refractivity contribution >= 4 is 29.3 Å². The Labute approximate surface area is 189 Å². The predicted octanol–water partition coefficient (Wildman–Crippen LogP) is 4.63. The van der Waals surface area contributed by atoms with E-state index in [2.05, 4.69) is 30.5 Å². The Kier molecular flexibility index (Phi) is 6.50. The largest absolute Gasteiger partial charge is 0.484 e. The Hall–Kier alpha value is -3.66. The first-order chi connectivity index (χ1) is 15.5. The molecule has 4 rings (SSSR count). The minimum Gasteiger partial charge on any atom is -0.484 e. The third-order valence-electron chi connectivity index (χ3n) is 4.48. The van der Waals surface area contributed by atoms with E-state index in [4.69, 9.17) is 14.9 Å². The maximum absolute atomic E-state index is 5.89. The molecule has 0 bridgehead atoms. The number of rotatable bonds is 8. The molecule has 0 fully saturated rings. The van der Waals surface area contributed by atoms with E-state index in [0.29, 0.717) is 22.9 Å². The quantitative estimate of drug-likeness (QED) is 0.368. The molecule has 0 spiro atoms. The van der Waals surface area contributed by atoms with Crippen molar-refractivity contribution < 1.29 is 9.15 Å². The van der Waals surface area contributed by atoms with Gasteiger partial charge in [-0.15, -0.1) is 10.2 Å². The molecule has 4 aromatic rings. The van der Waals surface area contributed by atoms with E-state index in [1.165, 1.54) is 11.8 Å². The van der Waals surface area contributed by atoms with Crippen LogP contribution in [0.4, 0.5) is 17.6 Å². The Bertz CT molecular complexity index is 1200. The van der Waals surface area contributed by atoms with Crippen LogP contribution < -0.4 is 15.8 Å². The molecule has 0 radical (unpaired) electrons. The summed E-state index contributed by atoms with van der Waals surface area (Å²) >= 11 is 1.34. The van der Waals surface area contributed by atoms with Crippen molar-refractivity contribution in [3.63, 3.8) is 0 Å². The number of ether oxygens (including phenoxy) is 1. The molecule has 0 aliphatic heterocycles. The molecule has 0 saturated carbocycles. The van der Waals surface area contributed by atoms with Crippen molar-refractivity contribution in [3.8, 4) is 5.75 Å². The van der Waals surface area contributed by atoms with Gasteiger partial charge < -0.3 is 20.2 Å². The fourth-order valence-corrected chi connectivity index (χ4v) is 3.59. The van der Waals surface area contributed by atoms with Gasteiger partial charge in [-0.25, -0.2) is 0 Å². The summed E-state index contributed by atoms with van der Waals surface area (Å²) in [5, 5.41) is 11.5. The first kappa shape index (κ1) is 21.6. The standard InChI is InChI=1S/C22H23N7O2S/c1-13-9-10-14(2)17(11-13)30-12-18-28-29-22(31-18)32-15(3)19-25-20(23)27-21(26-19)24-16-7-5-4-6-8-16/h4-11,15H,12H2,1-3H3,(H3,23,24,25,26,27). The van der Waals surface area contributed by atoms with E-state index >= 15 is 0 Å². The number of anilines is 3. The van der Waals surface area contributed by atoms with Crippen LogP contribution in [0.1, 0.15) is 35.0 Å². The lowest BCUT2D eigenvalue weighted by molar-refractivity contribution is 0.250. The van der Waals surface area contributed by atoms with Gasteiger partial charge in [0.2, 0.25) is 11.9 Å². The second-order valence-electron chi connectivity index (χ2n) is 7.15. The first-order valence-corrected chi connectivity index (χ1v) is 10.9. The molecular formula is C22H23N7O2S. The topological polar surface area (TPSA) is 125 Å². The van der Waals surface area contributed by atoms with Gasteiger partial charge in [0.05, 0.1) is 5.25 Å². The summed E-state index contributed by atoms with van der Waals surface area (Å²) in [4.78, 5) is 12.9. The highest BCUT2D eigenvalue weighted by Gasteiger charge is 2.18. The lowest BCUT2D eigenvalue weighted by Crippen LogP contribution is -2.08. The van der Waals surface area contributed by atoms with Crippen LogP contribution in [-0.2, 0) is 6.61 Å². The van der Waals surface area contributed by atoms with Crippen LogP contribution in [0.3, 0.4) is 0 Å². The number of benzene rings is 2. The number of hydrogen-bond acceptors (Lipinski definition) is 10. The molecule has 9 nitrogen and oxygen atoms in total. The van der Waals surface area contributed by atoms with Crippen LogP contribution in [0.2, 0.25) is 0 Å². The van der Waals surface area contributed by atoms with E-state index in [1.807, 2.05) is 69.3 Å². The lowest BCUT2D eigenvalue weighted by Gasteiger charge is -2.10. The van der Waals surface area contributed by atoms with Crippen molar-refractivity contribution in [3.05, 3.63) is 71.4 Å². The van der Waals surface area contributed by atoms with Crippen molar-refractivity contribution in [1.29, 1.82) is 0 Å². The Morgan fingerprint density at radius 2 is 1.88 bits per heavy atom. The van der Waals surface area contributed by atoms with E-state index in [1.54, 1.807) is 0 Å². The van der Waals surface area contributed by atoms with E-state index in [0.717, 1.165) is 22.6 Å². The summed E-state index contributed by atoms with van der Waals surface area (Å²) in [7, 11) is 0. The Morgan fingerprint density at radius 1 is 1.06 bits per heavy atom. The highest BCUT2D eigenvalue weighted by molar-refractivity contribution is 7.99. The van der Waals surface area contributed by atoms with Gasteiger partial charge in [0, 0.05) is 5.69 Å². The highest BCUT2D eigenvalue weighted by Crippen LogP contribution is 2.33. The highest BCUT2D eigenvalue weighted by atomic mass is 32.2. The lowest BCUT2D eigenvalue weighted by atomic mass is 10.1. The Balaban J connectivity index is 1.40. The Morgan fingerprint density at radius 3 is 2.69 bits per heavy atom. The summed E-state index contributed by atoms with van der Waals surface area (Å²) in [6, 6.07) is 15.6. The van der Waals surface area contributed by atoms with E-state index < -0.39 is 0 Å². The monoisotopic (exact) mass is 449 g/mol. The fraction of sp³-hybridized carbons (Fsp3) is 0.227. The zero-order valence-electron chi connectivity index (χ0n) is 17.9. The van der Waals surface area contributed by atoms with E-state index in [-0.39, 0.29) is 17.8 Å². The molecule has 0 aliphatic rings. The number of hydrogen-bond donors (Lipinski definition) is 2. The van der Waals surface area contributed by atoms with Gasteiger partial charge in [-0.2, -0.15) is 15.0 Å². The summed E-state index contributed by atoms with van der Waals surface area (Å²) in [6.07, 6.45) is 0. The zero-order chi connectivity index (χ0) is 22.5. The van der Waals surface area contributed by atoms with Crippen LogP contribution in [0.5, 0.6) is 5.75 Å². The van der Waals surface area contributed by atoms with Gasteiger partial charge >= 0.3 is 0 Å². The van der Waals surface area contributed by atoms with E-state index in [9.17, 15) is 0 Å². The molecule has 164 valence electrons. The molecular weight excluding hydrogens is 426 g/mol. The average Bonchev–Trinajstić information content (AvgIpc) is 3.22. The van der Waals surface area contributed by atoms with Gasteiger partial charge in [0.25, 0.3) is 11.1 Å². The van der Waals surface area contributed by atoms with Gasteiger partial charge in [0.1, 0.15) is 11.6 Å². The molecule has 0 amide bonds. The second kappa shape index (κ2) is 9.65. The van der Waals surface area contributed by atoms with Crippen LogP contribution in [0.25, 0.3) is 0 Å². The number of nitrogens with zero attached hydrogens (tertiary/aromatic N) is 5. The molecule has 2 aromatic carbocycles. The van der Waals surface area contributed by atoms with Crippen molar-refractivity contribution in [1.82, 2.24) is 25.1 Å². The fourth-order valence-electron chi connectivity index (χ4n) is 2.85. The smallest absolute Gasteiger partial charge is 0.277 e. The number of nitrogen functional groups attached to an aromatic ring is 1. The zero-order valence-corrected chi connectivity index (χ0v) is 18.8. The minimum absolute atomic E-state index is 0.133. The molecule has 3 N–H and O–H groups in total. The van der Waals surface area contributed by atoms with Crippen molar-refractivity contribution in [2.75, 3.05) is 11.1 Å². The maximum atomic E-state index is 5.89. The molecule has 32 heavy (non-hydrogen) atoms. The van der Waals surface area contributed by atoms with Gasteiger partial charge in [-0.1, -0.05) is 42.1 Å². The molecule has 0 aliphatic carbocycles. The molecule has 10 heteroatoms. The second-order valence-corrected chi connectivity index (χ2v) is 8.44. The molecule has 1 unspecified atom stereocenters.